The minimum atomic E-state index is 0.275. The number of hydrogen-bond acceptors (Lipinski definition) is 2. The molecule has 1 saturated heterocycles. The van der Waals surface area contributed by atoms with Crippen LogP contribution in [0.1, 0.15) is 26.7 Å². The molecule has 0 aromatic heterocycles. The molecule has 0 aromatic carbocycles. The monoisotopic (exact) mass is 182 g/mol. The molecule has 1 N–H and O–H groups in total. The highest BCUT2D eigenvalue weighted by molar-refractivity contribution is 4.85. The van der Waals surface area contributed by atoms with Crippen molar-refractivity contribution in [3.05, 3.63) is 12.7 Å². The largest absolute Gasteiger partial charge is 0.310 e. The second-order valence-corrected chi connectivity index (χ2v) is 4.52. The van der Waals surface area contributed by atoms with Crippen molar-refractivity contribution >= 4 is 0 Å². The minimum Gasteiger partial charge on any atom is -0.310 e. The molecule has 0 aliphatic carbocycles. The van der Waals surface area contributed by atoms with Crippen molar-refractivity contribution in [3.8, 4) is 0 Å². The summed E-state index contributed by atoms with van der Waals surface area (Å²) in [4.78, 5) is 2.53. The fraction of sp³-hybridized carbons (Fsp3) is 0.818. The van der Waals surface area contributed by atoms with Gasteiger partial charge < -0.3 is 10.2 Å². The van der Waals surface area contributed by atoms with E-state index in [4.69, 9.17) is 0 Å². The average molecular weight is 182 g/mol. The summed E-state index contributed by atoms with van der Waals surface area (Å²) in [7, 11) is 0. The summed E-state index contributed by atoms with van der Waals surface area (Å²) >= 11 is 0. The third kappa shape index (κ3) is 3.92. The van der Waals surface area contributed by atoms with Crippen molar-refractivity contribution in [1.29, 1.82) is 0 Å². The predicted molar refractivity (Wildman–Crippen MR) is 58.0 cm³/mol. The van der Waals surface area contributed by atoms with Crippen LogP contribution in [0.2, 0.25) is 0 Å². The van der Waals surface area contributed by atoms with Crippen molar-refractivity contribution < 1.29 is 0 Å². The number of nitrogens with zero attached hydrogens (tertiary/aromatic N) is 1. The Hall–Kier alpha value is -0.340. The van der Waals surface area contributed by atoms with Crippen LogP contribution in [-0.2, 0) is 0 Å². The van der Waals surface area contributed by atoms with Crippen LogP contribution >= 0.6 is 0 Å². The summed E-state index contributed by atoms with van der Waals surface area (Å²) in [6.07, 6.45) is 4.38. The highest BCUT2D eigenvalue weighted by Crippen LogP contribution is 2.10. The molecule has 2 nitrogen and oxygen atoms in total. The molecule has 1 aliphatic heterocycles. The molecule has 76 valence electrons. The standard InChI is InChI=1S/C11H22N2/c1-4-5-8-13-9-6-7-12-11(2,3)10-13/h4,12H,1,5-10H2,2-3H3. The summed E-state index contributed by atoms with van der Waals surface area (Å²) < 4.78 is 0. The van der Waals surface area contributed by atoms with Gasteiger partial charge in [-0.2, -0.15) is 0 Å². The number of hydrogen-bond donors (Lipinski definition) is 1. The van der Waals surface area contributed by atoms with Gasteiger partial charge in [0.2, 0.25) is 0 Å². The minimum absolute atomic E-state index is 0.275. The van der Waals surface area contributed by atoms with E-state index in [1.807, 2.05) is 6.08 Å². The second kappa shape index (κ2) is 4.77. The number of rotatable bonds is 3. The molecule has 0 spiro atoms. The number of nitrogens with one attached hydrogen (secondary N) is 1. The van der Waals surface area contributed by atoms with Crippen LogP contribution in [-0.4, -0.2) is 36.6 Å². The summed E-state index contributed by atoms with van der Waals surface area (Å²) in [5.74, 6) is 0. The summed E-state index contributed by atoms with van der Waals surface area (Å²) in [6, 6.07) is 0. The Balaban J connectivity index is 2.40. The molecule has 1 heterocycles. The molecule has 2 heteroatoms. The van der Waals surface area contributed by atoms with E-state index in [9.17, 15) is 0 Å². The zero-order valence-electron chi connectivity index (χ0n) is 8.97. The Kier molecular flexibility index (Phi) is 3.94. The fourth-order valence-electron chi connectivity index (χ4n) is 1.89. The molecule has 1 rings (SSSR count). The van der Waals surface area contributed by atoms with E-state index < -0.39 is 0 Å². The van der Waals surface area contributed by atoms with Crippen molar-refractivity contribution in [3.63, 3.8) is 0 Å². The van der Waals surface area contributed by atoms with E-state index in [2.05, 4.69) is 30.6 Å². The molecule has 13 heavy (non-hydrogen) atoms. The van der Waals surface area contributed by atoms with Crippen molar-refractivity contribution in [2.45, 2.75) is 32.2 Å². The molecule has 0 amide bonds. The van der Waals surface area contributed by atoms with Crippen molar-refractivity contribution in [2.24, 2.45) is 0 Å². The Morgan fingerprint density at radius 2 is 2.31 bits per heavy atom. The zero-order chi connectivity index (χ0) is 9.73. The van der Waals surface area contributed by atoms with Gasteiger partial charge in [-0.1, -0.05) is 6.08 Å². The maximum absolute atomic E-state index is 3.76. The second-order valence-electron chi connectivity index (χ2n) is 4.52. The molecule has 1 fully saturated rings. The van der Waals surface area contributed by atoms with Crippen molar-refractivity contribution in [1.82, 2.24) is 10.2 Å². The first kappa shape index (κ1) is 10.7. The van der Waals surface area contributed by atoms with Crippen molar-refractivity contribution in [2.75, 3.05) is 26.2 Å². The van der Waals surface area contributed by atoms with Gasteiger partial charge in [-0.3, -0.25) is 0 Å². The fourth-order valence-corrected chi connectivity index (χ4v) is 1.89. The Bertz CT molecular complexity index is 163. The van der Waals surface area contributed by atoms with Gasteiger partial charge in [-0.15, -0.1) is 6.58 Å². The Morgan fingerprint density at radius 3 is 3.00 bits per heavy atom. The van der Waals surface area contributed by atoms with Gasteiger partial charge in [-0.05, 0) is 39.8 Å². The van der Waals surface area contributed by atoms with Crippen LogP contribution in [0.3, 0.4) is 0 Å². The van der Waals surface area contributed by atoms with Crippen LogP contribution in [0.5, 0.6) is 0 Å². The molecule has 0 aromatic rings. The smallest absolute Gasteiger partial charge is 0.0252 e. The van der Waals surface area contributed by atoms with Gasteiger partial charge >= 0.3 is 0 Å². The van der Waals surface area contributed by atoms with Crippen LogP contribution < -0.4 is 5.32 Å². The van der Waals surface area contributed by atoms with Gasteiger partial charge in [-0.25, -0.2) is 0 Å². The lowest BCUT2D eigenvalue weighted by Gasteiger charge is -2.29. The van der Waals surface area contributed by atoms with Crippen LogP contribution in [0.4, 0.5) is 0 Å². The molecule has 0 radical (unpaired) electrons. The molecule has 0 atom stereocenters. The first-order valence-electron chi connectivity index (χ1n) is 5.22. The maximum Gasteiger partial charge on any atom is 0.0252 e. The quantitative estimate of drug-likeness (QED) is 0.667. The SMILES string of the molecule is C=CCCN1CCCNC(C)(C)C1. The summed E-state index contributed by atoms with van der Waals surface area (Å²) in [6.45, 7) is 13.0. The lowest BCUT2D eigenvalue weighted by molar-refractivity contribution is 0.235. The van der Waals surface area contributed by atoms with E-state index in [-0.39, 0.29) is 5.54 Å². The van der Waals surface area contributed by atoms with Crippen LogP contribution in [0, 0.1) is 0 Å². The molecular formula is C11H22N2. The third-order valence-corrected chi connectivity index (χ3v) is 2.52. The molecular weight excluding hydrogens is 160 g/mol. The normalized spacial score (nSPS) is 23.8. The first-order valence-corrected chi connectivity index (χ1v) is 5.22. The lowest BCUT2D eigenvalue weighted by atomic mass is 10.1. The van der Waals surface area contributed by atoms with Gasteiger partial charge in [0.25, 0.3) is 0 Å². The van der Waals surface area contributed by atoms with E-state index >= 15 is 0 Å². The van der Waals surface area contributed by atoms with E-state index in [0.29, 0.717) is 0 Å². The Morgan fingerprint density at radius 1 is 1.54 bits per heavy atom. The van der Waals surface area contributed by atoms with E-state index in [1.165, 1.54) is 13.0 Å². The Labute approximate surface area is 82.0 Å². The summed E-state index contributed by atoms with van der Waals surface area (Å²) in [5, 5.41) is 3.56. The zero-order valence-corrected chi connectivity index (χ0v) is 8.97. The van der Waals surface area contributed by atoms with Gasteiger partial charge in [0, 0.05) is 18.6 Å². The predicted octanol–water partition coefficient (Wildman–Crippen LogP) is 1.64. The molecule has 0 saturated carbocycles. The van der Waals surface area contributed by atoms with E-state index in [0.717, 1.165) is 26.1 Å². The van der Waals surface area contributed by atoms with Gasteiger partial charge in [0.05, 0.1) is 0 Å². The van der Waals surface area contributed by atoms with Crippen LogP contribution in [0.15, 0.2) is 12.7 Å². The van der Waals surface area contributed by atoms with Gasteiger partial charge in [0.1, 0.15) is 0 Å². The molecule has 0 bridgehead atoms. The topological polar surface area (TPSA) is 15.3 Å². The third-order valence-electron chi connectivity index (χ3n) is 2.52. The summed E-state index contributed by atoms with van der Waals surface area (Å²) in [5.41, 5.74) is 0.275. The highest BCUT2D eigenvalue weighted by Gasteiger charge is 2.22. The average Bonchev–Trinajstić information content (AvgIpc) is 2.22. The van der Waals surface area contributed by atoms with Crippen LogP contribution in [0.25, 0.3) is 0 Å². The first-order chi connectivity index (χ1) is 6.14. The maximum atomic E-state index is 3.76. The van der Waals surface area contributed by atoms with Gasteiger partial charge in [0.15, 0.2) is 0 Å². The molecule has 1 aliphatic rings. The highest BCUT2D eigenvalue weighted by atomic mass is 15.2. The lowest BCUT2D eigenvalue weighted by Crippen LogP contribution is -2.46. The van der Waals surface area contributed by atoms with E-state index in [1.54, 1.807) is 0 Å². The molecule has 0 unspecified atom stereocenters.